The number of amides is 2. The van der Waals surface area contributed by atoms with E-state index in [2.05, 4.69) is 15.3 Å². The Labute approximate surface area is 238 Å². The second kappa shape index (κ2) is 11.0. The number of piperazine rings is 1. The van der Waals surface area contributed by atoms with Gasteiger partial charge < -0.3 is 24.6 Å². The van der Waals surface area contributed by atoms with Crippen molar-refractivity contribution in [3.8, 4) is 0 Å². The van der Waals surface area contributed by atoms with Gasteiger partial charge in [-0.05, 0) is 60.7 Å². The van der Waals surface area contributed by atoms with Crippen molar-refractivity contribution >= 4 is 35.3 Å². The van der Waals surface area contributed by atoms with Crippen LogP contribution in [0.5, 0.6) is 0 Å². The predicted octanol–water partition coefficient (Wildman–Crippen LogP) is 3.79. The van der Waals surface area contributed by atoms with E-state index in [0.717, 1.165) is 17.8 Å². The Kier molecular flexibility index (Phi) is 7.98. The zero-order valence-electron chi connectivity index (χ0n) is 24.5. The van der Waals surface area contributed by atoms with Gasteiger partial charge in [0.2, 0.25) is 0 Å². The van der Waals surface area contributed by atoms with Crippen molar-refractivity contribution in [3.63, 3.8) is 0 Å². The Balaban J connectivity index is 1.67. The number of hydrogen-bond donors (Lipinski definition) is 1. The average Bonchev–Trinajstić information content (AvgIpc) is 3.38. The van der Waals surface area contributed by atoms with E-state index >= 15 is 0 Å². The molecule has 1 fully saturated rings. The summed E-state index contributed by atoms with van der Waals surface area (Å²) < 4.78 is 11.8. The third-order valence-electron chi connectivity index (χ3n) is 7.12. The first-order chi connectivity index (χ1) is 19.1. The molecule has 41 heavy (non-hydrogen) atoms. The maximum atomic E-state index is 13.4. The van der Waals surface area contributed by atoms with Gasteiger partial charge in [-0.1, -0.05) is 0 Å². The zero-order chi connectivity index (χ0) is 30.3. The molecule has 14 heteroatoms. The van der Waals surface area contributed by atoms with Crippen LogP contribution in [-0.4, -0.2) is 88.0 Å². The SMILES string of the molecule is CCOC(=O)n1nc(NC(=O)c2ccc(N3CCN(C)CC3)c([N+](=O)[O-])c2)c2c1C(C)(C)N(C(=O)OC(C)(C)C)C2. The van der Waals surface area contributed by atoms with Crippen molar-refractivity contribution in [1.29, 1.82) is 0 Å². The van der Waals surface area contributed by atoms with Crippen molar-refractivity contribution in [2.24, 2.45) is 0 Å². The van der Waals surface area contributed by atoms with Crippen molar-refractivity contribution in [2.75, 3.05) is 50.1 Å². The topological polar surface area (TPSA) is 152 Å². The lowest BCUT2D eigenvalue weighted by Gasteiger charge is -2.34. The number of benzene rings is 1. The number of likely N-dealkylation sites (N-methyl/N-ethyl adjacent to an activating group) is 1. The minimum Gasteiger partial charge on any atom is -0.448 e. The van der Waals surface area contributed by atoms with Crippen molar-refractivity contribution in [1.82, 2.24) is 19.6 Å². The Morgan fingerprint density at radius 1 is 1.12 bits per heavy atom. The number of aromatic nitrogens is 2. The van der Waals surface area contributed by atoms with Gasteiger partial charge in [0, 0.05) is 43.4 Å². The van der Waals surface area contributed by atoms with Gasteiger partial charge in [0.1, 0.15) is 11.3 Å². The molecule has 0 saturated carbocycles. The predicted molar refractivity (Wildman–Crippen MR) is 150 cm³/mol. The first-order valence-electron chi connectivity index (χ1n) is 13.5. The number of nitrogens with one attached hydrogen (secondary N) is 1. The van der Waals surface area contributed by atoms with Gasteiger partial charge in [0.05, 0.1) is 29.3 Å². The molecule has 3 heterocycles. The van der Waals surface area contributed by atoms with Gasteiger partial charge in [0.25, 0.3) is 11.6 Å². The molecule has 1 N–H and O–H groups in total. The standard InChI is InChI=1S/C27H37N7O7/c1-8-40-25(37)33-21-18(16-32(27(21,5)6)24(36)41-26(2,3)4)22(29-33)28-23(35)17-9-10-19(20(15-17)34(38)39)31-13-11-30(7)12-14-31/h9-10,15H,8,11-14,16H2,1-7H3,(H,28,29,35). The zero-order valence-corrected chi connectivity index (χ0v) is 24.5. The van der Waals surface area contributed by atoms with Crippen LogP contribution in [0.4, 0.5) is 26.8 Å². The molecule has 14 nitrogen and oxygen atoms in total. The minimum atomic E-state index is -1.04. The summed E-state index contributed by atoms with van der Waals surface area (Å²) >= 11 is 0. The minimum absolute atomic E-state index is 0.00869. The van der Waals surface area contributed by atoms with Gasteiger partial charge >= 0.3 is 12.2 Å². The molecule has 2 aliphatic heterocycles. The maximum Gasteiger partial charge on any atom is 0.435 e. The number of ether oxygens (including phenoxy) is 2. The number of anilines is 2. The highest BCUT2D eigenvalue weighted by atomic mass is 16.6. The Hall–Kier alpha value is -4.20. The monoisotopic (exact) mass is 571 g/mol. The van der Waals surface area contributed by atoms with Gasteiger partial charge in [-0.3, -0.25) is 19.8 Å². The van der Waals surface area contributed by atoms with E-state index in [1.807, 2.05) is 11.9 Å². The van der Waals surface area contributed by atoms with Gasteiger partial charge in [-0.2, -0.15) is 4.68 Å². The normalized spacial score (nSPS) is 16.8. The van der Waals surface area contributed by atoms with Crippen LogP contribution in [0.25, 0.3) is 0 Å². The largest absolute Gasteiger partial charge is 0.448 e. The molecule has 222 valence electrons. The molecule has 0 spiro atoms. The van der Waals surface area contributed by atoms with Crippen LogP contribution in [0.1, 0.15) is 63.2 Å². The second-order valence-electron chi connectivity index (χ2n) is 11.6. The second-order valence-corrected chi connectivity index (χ2v) is 11.6. The number of nitrogens with zero attached hydrogens (tertiary/aromatic N) is 6. The lowest BCUT2D eigenvalue weighted by molar-refractivity contribution is -0.384. The lowest BCUT2D eigenvalue weighted by atomic mass is 10.0. The highest BCUT2D eigenvalue weighted by molar-refractivity contribution is 6.05. The van der Waals surface area contributed by atoms with Crippen LogP contribution in [0.3, 0.4) is 0 Å². The smallest absolute Gasteiger partial charge is 0.435 e. The summed E-state index contributed by atoms with van der Waals surface area (Å²) in [5.74, 6) is -0.606. The van der Waals surface area contributed by atoms with Gasteiger partial charge in [-0.15, -0.1) is 5.10 Å². The summed E-state index contributed by atoms with van der Waals surface area (Å²) in [7, 11) is 1.99. The first kappa shape index (κ1) is 29.8. The van der Waals surface area contributed by atoms with Crippen LogP contribution in [0.15, 0.2) is 18.2 Å². The van der Waals surface area contributed by atoms with Crippen LogP contribution >= 0.6 is 0 Å². The average molecular weight is 572 g/mol. The molecule has 1 aromatic heterocycles. The molecule has 2 amide bonds. The number of hydrogen-bond acceptors (Lipinski definition) is 10. The van der Waals surface area contributed by atoms with Gasteiger partial charge in [-0.25, -0.2) is 9.59 Å². The molecule has 4 rings (SSSR count). The van der Waals surface area contributed by atoms with Crippen molar-refractivity contribution in [2.45, 2.75) is 59.2 Å². The molecule has 2 aliphatic rings. The molecule has 0 radical (unpaired) electrons. The molecule has 0 atom stereocenters. The number of carbonyl (C=O) groups excluding carboxylic acids is 3. The van der Waals surface area contributed by atoms with Crippen molar-refractivity contribution in [3.05, 3.63) is 45.1 Å². The van der Waals surface area contributed by atoms with Crippen molar-refractivity contribution < 1.29 is 28.8 Å². The highest BCUT2D eigenvalue weighted by Crippen LogP contribution is 2.43. The summed E-state index contributed by atoms with van der Waals surface area (Å²) in [5.41, 5.74) is -0.668. The molecule has 2 aromatic rings. The molecular weight excluding hydrogens is 534 g/mol. The summed E-state index contributed by atoms with van der Waals surface area (Å²) in [6, 6.07) is 4.34. The highest BCUT2D eigenvalue weighted by Gasteiger charge is 2.48. The van der Waals surface area contributed by atoms with Crippen LogP contribution in [0, 0.1) is 10.1 Å². The summed E-state index contributed by atoms with van der Waals surface area (Å²) in [5, 5.41) is 19.0. The lowest BCUT2D eigenvalue weighted by Crippen LogP contribution is -2.44. The van der Waals surface area contributed by atoms with E-state index in [0.29, 0.717) is 30.0 Å². The summed E-state index contributed by atoms with van der Waals surface area (Å²) in [6.07, 6.45) is -1.36. The van der Waals surface area contributed by atoms with Crippen LogP contribution < -0.4 is 10.2 Å². The molecule has 0 unspecified atom stereocenters. The van der Waals surface area contributed by atoms with E-state index in [4.69, 9.17) is 9.47 Å². The van der Waals surface area contributed by atoms with Crippen LogP contribution in [0.2, 0.25) is 0 Å². The van der Waals surface area contributed by atoms with E-state index in [9.17, 15) is 24.5 Å². The summed E-state index contributed by atoms with van der Waals surface area (Å²) in [4.78, 5) is 56.3. The van der Waals surface area contributed by atoms with E-state index in [-0.39, 0.29) is 30.2 Å². The Morgan fingerprint density at radius 2 is 1.78 bits per heavy atom. The fraction of sp³-hybridized carbons (Fsp3) is 0.556. The molecular formula is C27H37N7O7. The fourth-order valence-corrected chi connectivity index (χ4v) is 5.04. The Bertz CT molecular complexity index is 1370. The summed E-state index contributed by atoms with van der Waals surface area (Å²) in [6.45, 7) is 13.3. The number of fused-ring (bicyclic) bond motifs is 1. The van der Waals surface area contributed by atoms with E-state index < -0.39 is 34.2 Å². The molecule has 0 bridgehead atoms. The molecule has 0 aliphatic carbocycles. The maximum absolute atomic E-state index is 13.4. The fourth-order valence-electron chi connectivity index (χ4n) is 5.04. The third-order valence-corrected chi connectivity index (χ3v) is 7.12. The quantitative estimate of drug-likeness (QED) is 0.414. The number of nitro groups is 1. The number of nitro benzene ring substituents is 1. The third kappa shape index (κ3) is 5.97. The molecule has 1 aromatic carbocycles. The van der Waals surface area contributed by atoms with Gasteiger partial charge in [0.15, 0.2) is 5.82 Å². The van der Waals surface area contributed by atoms with Crippen LogP contribution in [-0.2, 0) is 21.6 Å². The Morgan fingerprint density at radius 3 is 2.37 bits per heavy atom. The number of rotatable bonds is 5. The first-order valence-corrected chi connectivity index (χ1v) is 13.5. The molecule has 1 saturated heterocycles. The van der Waals surface area contributed by atoms with E-state index in [1.54, 1.807) is 47.6 Å². The number of carbonyl (C=O) groups is 3. The van der Waals surface area contributed by atoms with E-state index in [1.165, 1.54) is 17.0 Å².